The first-order chi connectivity index (χ1) is 11.9. The number of hydrogen-bond acceptors (Lipinski definition) is 5. The normalized spacial score (nSPS) is 15.2. The second-order valence-corrected chi connectivity index (χ2v) is 6.49. The van der Waals surface area contributed by atoms with E-state index >= 15 is 0 Å². The Morgan fingerprint density at radius 3 is 2.52 bits per heavy atom. The van der Waals surface area contributed by atoms with E-state index in [1.165, 1.54) is 6.07 Å². The lowest BCUT2D eigenvalue weighted by Crippen LogP contribution is -2.18. The van der Waals surface area contributed by atoms with Crippen LogP contribution in [-0.4, -0.2) is 38.1 Å². The Kier molecular flexibility index (Phi) is 4.72. The second kappa shape index (κ2) is 6.80. The third-order valence-electron chi connectivity index (χ3n) is 4.47. The van der Waals surface area contributed by atoms with Crippen molar-refractivity contribution < 1.29 is 15.1 Å². The number of likely N-dealkylation sites (N-methyl/N-ethyl adjacent to an activating group) is 1. The minimum absolute atomic E-state index is 0.00211. The highest BCUT2D eigenvalue weighted by Gasteiger charge is 2.29. The van der Waals surface area contributed by atoms with Crippen molar-refractivity contribution in [3.05, 3.63) is 41.2 Å². The van der Waals surface area contributed by atoms with Crippen molar-refractivity contribution in [1.29, 1.82) is 0 Å². The first-order valence-corrected chi connectivity index (χ1v) is 8.70. The van der Waals surface area contributed by atoms with E-state index in [-0.39, 0.29) is 17.4 Å². The van der Waals surface area contributed by atoms with E-state index in [9.17, 15) is 10.2 Å². The van der Waals surface area contributed by atoms with Crippen LogP contribution >= 0.6 is 0 Å². The number of hydrogen-bond donors (Lipinski definition) is 2. The summed E-state index contributed by atoms with van der Waals surface area (Å²) in [5, 5.41) is 26.9. The van der Waals surface area contributed by atoms with E-state index in [0.29, 0.717) is 17.9 Å². The molecule has 0 atom stereocenters. The maximum Gasteiger partial charge on any atom is 0.165 e. The van der Waals surface area contributed by atoms with Crippen LogP contribution in [0.1, 0.15) is 50.4 Å². The Hall–Kier alpha value is -2.47. The molecule has 0 fully saturated rings. The van der Waals surface area contributed by atoms with Crippen molar-refractivity contribution in [3.63, 3.8) is 0 Å². The minimum Gasteiger partial charge on any atom is -0.508 e. The summed E-state index contributed by atoms with van der Waals surface area (Å²) >= 11 is 0. The van der Waals surface area contributed by atoms with Crippen molar-refractivity contribution >= 4 is 11.3 Å². The van der Waals surface area contributed by atoms with Gasteiger partial charge in [0.05, 0.1) is 17.8 Å². The van der Waals surface area contributed by atoms with Crippen molar-refractivity contribution in [2.24, 2.45) is 0 Å². The molecule has 1 aliphatic rings. The van der Waals surface area contributed by atoms with Gasteiger partial charge in [-0.2, -0.15) is 5.10 Å². The van der Waals surface area contributed by atoms with Crippen molar-refractivity contribution in [3.8, 4) is 11.5 Å². The average molecular weight is 343 g/mol. The highest BCUT2D eigenvalue weighted by Crippen LogP contribution is 2.41. The second-order valence-electron chi connectivity index (χ2n) is 6.49. The van der Waals surface area contributed by atoms with Crippen molar-refractivity contribution in [2.45, 2.75) is 40.2 Å². The Balaban J connectivity index is 2.13. The first kappa shape index (κ1) is 17.4. The zero-order valence-electron chi connectivity index (χ0n) is 15.2. The summed E-state index contributed by atoms with van der Waals surface area (Å²) in [5.41, 5.74) is 3.13. The zero-order chi connectivity index (χ0) is 18.1. The highest BCUT2D eigenvalue weighted by atomic mass is 16.7. The van der Waals surface area contributed by atoms with Gasteiger partial charge in [0.1, 0.15) is 11.5 Å². The predicted octanol–water partition coefficient (Wildman–Crippen LogP) is 3.57. The molecule has 0 saturated carbocycles. The third-order valence-corrected chi connectivity index (χ3v) is 4.47. The highest BCUT2D eigenvalue weighted by molar-refractivity contribution is 5.90. The molecule has 0 spiro atoms. The van der Waals surface area contributed by atoms with Gasteiger partial charge in [-0.15, -0.1) is 5.06 Å². The van der Waals surface area contributed by atoms with Gasteiger partial charge >= 0.3 is 0 Å². The maximum atomic E-state index is 10.4. The van der Waals surface area contributed by atoms with Crippen LogP contribution < -0.4 is 0 Å². The van der Waals surface area contributed by atoms with Gasteiger partial charge in [0.15, 0.2) is 5.76 Å². The fraction of sp³-hybridized carbons (Fsp3) is 0.421. The van der Waals surface area contributed by atoms with Crippen LogP contribution in [0.15, 0.2) is 24.4 Å². The van der Waals surface area contributed by atoms with Crippen LogP contribution in [0.2, 0.25) is 0 Å². The Labute approximate surface area is 147 Å². The van der Waals surface area contributed by atoms with E-state index < -0.39 is 0 Å². The number of aryl methyl sites for hydroxylation is 1. The number of aromatic hydroxyl groups is 2. The van der Waals surface area contributed by atoms with Crippen LogP contribution in [0.3, 0.4) is 0 Å². The molecule has 0 aliphatic carbocycles. The average Bonchev–Trinajstić information content (AvgIpc) is 3.20. The molecule has 6 nitrogen and oxygen atoms in total. The van der Waals surface area contributed by atoms with E-state index in [0.717, 1.165) is 29.9 Å². The predicted molar refractivity (Wildman–Crippen MR) is 96.9 cm³/mol. The van der Waals surface area contributed by atoms with E-state index in [1.54, 1.807) is 6.07 Å². The lowest BCUT2D eigenvalue weighted by Gasteiger charge is -2.16. The molecule has 0 saturated heterocycles. The quantitative estimate of drug-likeness (QED) is 0.868. The summed E-state index contributed by atoms with van der Waals surface area (Å²) in [4.78, 5) is 5.98. The van der Waals surface area contributed by atoms with Gasteiger partial charge in [-0.3, -0.25) is 4.68 Å². The molecule has 0 unspecified atom stereocenters. The molecule has 3 rings (SSSR count). The Morgan fingerprint density at radius 2 is 1.92 bits per heavy atom. The molecule has 1 aromatic heterocycles. The summed E-state index contributed by atoms with van der Waals surface area (Å²) in [6.07, 6.45) is 1.94. The van der Waals surface area contributed by atoms with Crippen LogP contribution in [0, 0.1) is 0 Å². The van der Waals surface area contributed by atoms with Crippen LogP contribution in [0.5, 0.6) is 11.5 Å². The lowest BCUT2D eigenvalue weighted by molar-refractivity contribution is -0.0556. The SMILES string of the molecule is CCN1CC(c2ccn(CC)n2)=C(c2cc(C(C)C)c(O)cc2O)O1. The number of benzene rings is 1. The van der Waals surface area contributed by atoms with Crippen molar-refractivity contribution in [1.82, 2.24) is 14.8 Å². The number of aromatic nitrogens is 2. The van der Waals surface area contributed by atoms with Gasteiger partial charge in [0, 0.05) is 30.9 Å². The molecule has 0 amide bonds. The Bertz CT molecular complexity index is 808. The van der Waals surface area contributed by atoms with Crippen LogP contribution in [0.4, 0.5) is 0 Å². The van der Waals surface area contributed by atoms with Crippen LogP contribution in [-0.2, 0) is 11.4 Å². The topological polar surface area (TPSA) is 70.8 Å². The van der Waals surface area contributed by atoms with E-state index in [2.05, 4.69) is 5.10 Å². The van der Waals surface area contributed by atoms with E-state index in [1.807, 2.05) is 49.7 Å². The molecule has 2 N–H and O–H groups in total. The van der Waals surface area contributed by atoms with Gasteiger partial charge in [0.2, 0.25) is 0 Å². The monoisotopic (exact) mass is 343 g/mol. The third kappa shape index (κ3) is 3.22. The molecule has 25 heavy (non-hydrogen) atoms. The van der Waals surface area contributed by atoms with Gasteiger partial charge in [-0.05, 0) is 37.5 Å². The summed E-state index contributed by atoms with van der Waals surface area (Å²) < 4.78 is 1.87. The summed E-state index contributed by atoms with van der Waals surface area (Å²) in [6, 6.07) is 5.15. The lowest BCUT2D eigenvalue weighted by atomic mass is 9.96. The molecule has 1 aromatic carbocycles. The fourth-order valence-electron chi connectivity index (χ4n) is 2.99. The maximum absolute atomic E-state index is 10.4. The van der Waals surface area contributed by atoms with E-state index in [4.69, 9.17) is 4.84 Å². The molecular formula is C19H25N3O3. The molecule has 6 heteroatoms. The number of phenolic OH excluding ortho intramolecular Hbond substituents is 2. The first-order valence-electron chi connectivity index (χ1n) is 8.70. The standard InChI is InChI=1S/C19H25N3O3/c1-5-21-8-7-16(20-21)15-11-22(6-2)25-19(15)14-9-13(12(3)4)17(23)10-18(14)24/h7-10,12,23-24H,5-6,11H2,1-4H3. The Morgan fingerprint density at radius 1 is 1.16 bits per heavy atom. The molecule has 0 bridgehead atoms. The van der Waals surface area contributed by atoms with Crippen molar-refractivity contribution in [2.75, 3.05) is 13.1 Å². The van der Waals surface area contributed by atoms with Crippen LogP contribution in [0.25, 0.3) is 11.3 Å². The largest absolute Gasteiger partial charge is 0.508 e. The summed E-state index contributed by atoms with van der Waals surface area (Å²) in [6.45, 7) is 10.2. The van der Waals surface area contributed by atoms with Gasteiger partial charge < -0.3 is 15.1 Å². The zero-order valence-corrected chi connectivity index (χ0v) is 15.2. The fourth-order valence-corrected chi connectivity index (χ4v) is 2.99. The molecular weight excluding hydrogens is 318 g/mol. The molecule has 2 aromatic rings. The number of hydroxylamine groups is 2. The molecule has 1 aliphatic heterocycles. The van der Waals surface area contributed by atoms with Gasteiger partial charge in [-0.25, -0.2) is 0 Å². The smallest absolute Gasteiger partial charge is 0.165 e. The van der Waals surface area contributed by atoms with Gasteiger partial charge in [0.25, 0.3) is 0 Å². The number of phenols is 2. The summed E-state index contributed by atoms with van der Waals surface area (Å²) in [5.74, 6) is 0.829. The number of nitrogens with zero attached hydrogens (tertiary/aromatic N) is 3. The molecule has 134 valence electrons. The van der Waals surface area contributed by atoms with Gasteiger partial charge in [-0.1, -0.05) is 13.8 Å². The number of rotatable bonds is 5. The molecule has 0 radical (unpaired) electrons. The minimum atomic E-state index is 0.00211. The molecule has 2 heterocycles. The summed E-state index contributed by atoms with van der Waals surface area (Å²) in [7, 11) is 0.